The fourth-order valence-corrected chi connectivity index (χ4v) is 5.92. The van der Waals surface area contributed by atoms with Crippen molar-refractivity contribution in [3.8, 4) is 11.8 Å². The Morgan fingerprint density at radius 2 is 1.65 bits per heavy atom. The maximum atomic E-state index is 6.74. The van der Waals surface area contributed by atoms with Gasteiger partial charge in [-0.2, -0.15) is 0 Å². The number of hydrogen-bond acceptors (Lipinski definition) is 1. The second-order valence-corrected chi connectivity index (χ2v) is 11.9. The highest BCUT2D eigenvalue weighted by Crippen LogP contribution is 2.26. The molecule has 0 amide bonds. The summed E-state index contributed by atoms with van der Waals surface area (Å²) in [6, 6.07) is 14.0. The van der Waals surface area contributed by atoms with Crippen LogP contribution in [0.4, 0.5) is 0 Å². The van der Waals surface area contributed by atoms with Gasteiger partial charge in [-0.3, -0.25) is 0 Å². The molecule has 0 saturated heterocycles. The maximum Gasteiger partial charge on any atom is 0.194 e. The summed E-state index contributed by atoms with van der Waals surface area (Å²) in [6.07, 6.45) is 8.23. The highest BCUT2D eigenvalue weighted by atomic mass is 28.4. The summed E-state index contributed by atoms with van der Waals surface area (Å²) in [4.78, 5) is 0. The van der Waals surface area contributed by atoms with Crippen molar-refractivity contribution in [2.45, 2.75) is 91.0 Å². The second kappa shape index (κ2) is 13.0. The Balaban J connectivity index is 2.94. The topological polar surface area (TPSA) is 9.23 Å². The zero-order chi connectivity index (χ0) is 19.3. The SMILES string of the molecule is CCCCCCC#CC(O[Si](CC)(CC)CC)/C(C)=C/c1ccccc1. The normalized spacial score (nSPS) is 13.2. The Bertz CT molecular complexity index is 567. The third kappa shape index (κ3) is 7.93. The zero-order valence-corrected chi connectivity index (χ0v) is 18.6. The predicted molar refractivity (Wildman–Crippen MR) is 119 cm³/mol. The van der Waals surface area contributed by atoms with Gasteiger partial charge in [-0.15, -0.1) is 5.92 Å². The van der Waals surface area contributed by atoms with Crippen LogP contribution in [-0.2, 0) is 4.43 Å². The first-order valence-corrected chi connectivity index (χ1v) is 13.0. The van der Waals surface area contributed by atoms with Gasteiger partial charge in [-0.05, 0) is 42.6 Å². The van der Waals surface area contributed by atoms with E-state index in [1.807, 2.05) is 0 Å². The predicted octanol–water partition coefficient (Wildman–Crippen LogP) is 7.45. The third-order valence-electron chi connectivity index (χ3n) is 5.30. The molecule has 26 heavy (non-hydrogen) atoms. The molecular formula is C24H38OSi. The Labute approximate surface area is 163 Å². The Morgan fingerprint density at radius 1 is 1.00 bits per heavy atom. The molecule has 0 spiro atoms. The van der Waals surface area contributed by atoms with Crippen LogP contribution in [-0.4, -0.2) is 14.4 Å². The van der Waals surface area contributed by atoms with Crippen LogP contribution in [0, 0.1) is 11.8 Å². The van der Waals surface area contributed by atoms with Crippen LogP contribution >= 0.6 is 0 Å². The van der Waals surface area contributed by atoms with Gasteiger partial charge in [0.25, 0.3) is 0 Å². The Morgan fingerprint density at radius 3 is 2.23 bits per heavy atom. The van der Waals surface area contributed by atoms with Crippen molar-refractivity contribution < 1.29 is 4.43 Å². The fraction of sp³-hybridized carbons (Fsp3) is 0.583. The molecule has 1 atom stereocenters. The lowest BCUT2D eigenvalue weighted by Gasteiger charge is -2.31. The Hall–Kier alpha value is -1.30. The monoisotopic (exact) mass is 370 g/mol. The highest BCUT2D eigenvalue weighted by molar-refractivity contribution is 6.73. The summed E-state index contributed by atoms with van der Waals surface area (Å²) in [5.74, 6) is 6.88. The molecule has 0 saturated carbocycles. The first kappa shape index (κ1) is 22.7. The lowest BCUT2D eigenvalue weighted by Crippen LogP contribution is -2.39. The molecule has 0 aliphatic carbocycles. The molecule has 2 heteroatoms. The van der Waals surface area contributed by atoms with Crippen LogP contribution in [0.2, 0.25) is 18.1 Å². The van der Waals surface area contributed by atoms with Gasteiger partial charge in [0.15, 0.2) is 8.32 Å². The average Bonchev–Trinajstić information content (AvgIpc) is 2.68. The summed E-state index contributed by atoms with van der Waals surface area (Å²) in [5.41, 5.74) is 2.45. The Kier molecular flexibility index (Phi) is 11.3. The number of unbranched alkanes of at least 4 members (excludes halogenated alkanes) is 4. The first-order chi connectivity index (χ1) is 12.6. The van der Waals surface area contributed by atoms with E-state index in [-0.39, 0.29) is 6.10 Å². The summed E-state index contributed by atoms with van der Waals surface area (Å²) in [7, 11) is -1.68. The molecule has 0 aromatic heterocycles. The minimum absolute atomic E-state index is 0.0621. The van der Waals surface area contributed by atoms with E-state index in [0.717, 1.165) is 24.6 Å². The molecular weight excluding hydrogens is 332 g/mol. The van der Waals surface area contributed by atoms with Crippen molar-refractivity contribution >= 4 is 14.4 Å². The van der Waals surface area contributed by atoms with Crippen molar-refractivity contribution in [3.63, 3.8) is 0 Å². The van der Waals surface area contributed by atoms with Gasteiger partial charge in [0.05, 0.1) is 0 Å². The molecule has 0 aliphatic heterocycles. The van der Waals surface area contributed by atoms with E-state index in [1.165, 1.54) is 36.8 Å². The van der Waals surface area contributed by atoms with Gasteiger partial charge in [0, 0.05) is 6.42 Å². The molecule has 0 aliphatic rings. The summed E-state index contributed by atoms with van der Waals surface area (Å²) < 4.78 is 6.74. The van der Waals surface area contributed by atoms with Gasteiger partial charge >= 0.3 is 0 Å². The fourth-order valence-electron chi connectivity index (χ4n) is 3.18. The van der Waals surface area contributed by atoms with E-state index in [4.69, 9.17) is 4.43 Å². The molecule has 1 nitrogen and oxygen atoms in total. The smallest absolute Gasteiger partial charge is 0.194 e. The van der Waals surface area contributed by atoms with Crippen LogP contribution < -0.4 is 0 Å². The minimum atomic E-state index is -1.68. The van der Waals surface area contributed by atoms with Gasteiger partial charge in [0.1, 0.15) is 6.10 Å². The van der Waals surface area contributed by atoms with E-state index in [1.54, 1.807) is 0 Å². The van der Waals surface area contributed by atoms with Crippen LogP contribution in [0.1, 0.15) is 72.3 Å². The highest BCUT2D eigenvalue weighted by Gasteiger charge is 2.32. The third-order valence-corrected chi connectivity index (χ3v) is 9.90. The maximum absolute atomic E-state index is 6.74. The van der Waals surface area contributed by atoms with E-state index in [0.29, 0.717) is 0 Å². The molecule has 0 radical (unpaired) electrons. The standard InChI is InChI=1S/C24H38OSi/c1-6-10-11-12-13-17-20-24(25-26(7-2,8-3)9-4)22(5)21-23-18-15-14-16-19-23/h14-16,18-19,21,24H,6-13H2,1-5H3/b22-21+. The van der Waals surface area contributed by atoms with Crippen LogP contribution in [0.3, 0.4) is 0 Å². The molecule has 1 rings (SSSR count). The molecule has 144 valence electrons. The summed E-state index contributed by atoms with van der Waals surface area (Å²) in [5, 5.41) is 0. The van der Waals surface area contributed by atoms with Gasteiger partial charge < -0.3 is 4.43 Å². The largest absolute Gasteiger partial charge is 0.400 e. The number of hydrogen-bond donors (Lipinski definition) is 0. The average molecular weight is 371 g/mol. The molecule has 1 aromatic rings. The second-order valence-electron chi connectivity index (χ2n) is 7.17. The van der Waals surface area contributed by atoms with Gasteiger partial charge in [0.2, 0.25) is 0 Å². The zero-order valence-electron chi connectivity index (χ0n) is 17.6. The molecule has 0 fully saturated rings. The van der Waals surface area contributed by atoms with E-state index in [9.17, 15) is 0 Å². The lowest BCUT2D eigenvalue weighted by molar-refractivity contribution is 0.276. The summed E-state index contributed by atoms with van der Waals surface area (Å²) >= 11 is 0. The van der Waals surface area contributed by atoms with Gasteiger partial charge in [-0.1, -0.05) is 89.3 Å². The van der Waals surface area contributed by atoms with Gasteiger partial charge in [-0.25, -0.2) is 0 Å². The molecule has 0 N–H and O–H groups in total. The molecule has 0 bridgehead atoms. The van der Waals surface area contributed by atoms with E-state index in [2.05, 4.69) is 82.9 Å². The quantitative estimate of drug-likeness (QED) is 0.223. The van der Waals surface area contributed by atoms with E-state index >= 15 is 0 Å². The van der Waals surface area contributed by atoms with Crippen LogP contribution in [0.15, 0.2) is 35.9 Å². The van der Waals surface area contributed by atoms with Crippen molar-refractivity contribution in [2.24, 2.45) is 0 Å². The lowest BCUT2D eigenvalue weighted by atomic mass is 10.1. The number of rotatable bonds is 11. The number of benzene rings is 1. The van der Waals surface area contributed by atoms with Crippen molar-refractivity contribution in [1.82, 2.24) is 0 Å². The van der Waals surface area contributed by atoms with Crippen LogP contribution in [0.25, 0.3) is 6.08 Å². The van der Waals surface area contributed by atoms with Crippen LogP contribution in [0.5, 0.6) is 0 Å². The van der Waals surface area contributed by atoms with Crippen molar-refractivity contribution in [2.75, 3.05) is 0 Å². The first-order valence-electron chi connectivity index (χ1n) is 10.5. The molecule has 1 unspecified atom stereocenters. The van der Waals surface area contributed by atoms with Crippen molar-refractivity contribution in [1.29, 1.82) is 0 Å². The summed E-state index contributed by atoms with van der Waals surface area (Å²) in [6.45, 7) is 11.3. The van der Waals surface area contributed by atoms with E-state index < -0.39 is 8.32 Å². The molecule has 0 heterocycles. The minimum Gasteiger partial charge on any atom is -0.400 e. The van der Waals surface area contributed by atoms with Crippen molar-refractivity contribution in [3.05, 3.63) is 41.5 Å². The molecule has 1 aromatic carbocycles.